The summed E-state index contributed by atoms with van der Waals surface area (Å²) in [6.45, 7) is 4.86. The summed E-state index contributed by atoms with van der Waals surface area (Å²) in [6, 6.07) is 5.51. The zero-order valence-electron chi connectivity index (χ0n) is 9.64. The fourth-order valence-electron chi connectivity index (χ4n) is 1.79. The van der Waals surface area contributed by atoms with Gasteiger partial charge in [0.1, 0.15) is 0 Å². The average molecular weight is 297 g/mol. The van der Waals surface area contributed by atoms with E-state index in [0.29, 0.717) is 17.8 Å². The van der Waals surface area contributed by atoms with Crippen molar-refractivity contribution in [2.24, 2.45) is 5.92 Å². The molecule has 0 aliphatic rings. The number of carboxylic acid groups (broad SMARTS) is 1. The van der Waals surface area contributed by atoms with Gasteiger partial charge in [-0.2, -0.15) is 5.10 Å². The van der Waals surface area contributed by atoms with Crippen molar-refractivity contribution in [2.45, 2.75) is 20.4 Å². The third-order valence-corrected chi connectivity index (χ3v) is 2.95. The van der Waals surface area contributed by atoms with Crippen molar-refractivity contribution in [2.75, 3.05) is 0 Å². The summed E-state index contributed by atoms with van der Waals surface area (Å²) in [7, 11) is 0. The Bertz CT molecular complexity index is 575. The van der Waals surface area contributed by atoms with E-state index in [0.717, 1.165) is 9.99 Å². The second kappa shape index (κ2) is 4.49. The van der Waals surface area contributed by atoms with Crippen LogP contribution >= 0.6 is 15.9 Å². The molecule has 0 atom stereocenters. The highest BCUT2D eigenvalue weighted by Gasteiger charge is 2.16. The highest BCUT2D eigenvalue weighted by atomic mass is 79.9. The van der Waals surface area contributed by atoms with Gasteiger partial charge in [-0.25, -0.2) is 4.79 Å². The van der Waals surface area contributed by atoms with Gasteiger partial charge in [-0.3, -0.25) is 4.68 Å². The van der Waals surface area contributed by atoms with Gasteiger partial charge in [0.15, 0.2) is 5.69 Å². The fourth-order valence-corrected chi connectivity index (χ4v) is 2.14. The summed E-state index contributed by atoms with van der Waals surface area (Å²) in [6.07, 6.45) is 0. The molecule has 0 aliphatic heterocycles. The molecule has 0 aliphatic carbocycles. The molecule has 4 nitrogen and oxygen atoms in total. The number of rotatable bonds is 3. The Hall–Kier alpha value is -1.36. The van der Waals surface area contributed by atoms with Crippen LogP contribution in [0, 0.1) is 5.92 Å². The van der Waals surface area contributed by atoms with Gasteiger partial charge in [0.25, 0.3) is 0 Å². The third-order valence-electron chi connectivity index (χ3n) is 2.45. The number of fused-ring (bicyclic) bond motifs is 1. The standard InChI is InChI=1S/C12H13BrN2O2/c1-7(2)6-15-10-5-8(13)3-4-9(10)11(14-15)12(16)17/h3-5,7H,6H2,1-2H3,(H,16,17). The Morgan fingerprint density at radius 2 is 2.24 bits per heavy atom. The van der Waals surface area contributed by atoms with Crippen molar-refractivity contribution in [1.82, 2.24) is 9.78 Å². The first-order valence-corrected chi connectivity index (χ1v) is 6.17. The molecule has 90 valence electrons. The normalized spacial score (nSPS) is 11.3. The summed E-state index contributed by atoms with van der Waals surface area (Å²) in [4.78, 5) is 11.1. The van der Waals surface area contributed by atoms with Crippen LogP contribution in [-0.4, -0.2) is 20.9 Å². The van der Waals surface area contributed by atoms with Gasteiger partial charge in [0.2, 0.25) is 0 Å². The van der Waals surface area contributed by atoms with Gasteiger partial charge in [-0.1, -0.05) is 29.8 Å². The SMILES string of the molecule is CC(C)Cn1nc(C(=O)O)c2ccc(Br)cc21. The van der Waals surface area contributed by atoms with Crippen molar-refractivity contribution < 1.29 is 9.90 Å². The van der Waals surface area contributed by atoms with Crippen LogP contribution in [0.2, 0.25) is 0 Å². The predicted octanol–water partition coefficient (Wildman–Crippen LogP) is 3.15. The molecule has 1 aromatic carbocycles. The number of hydrogen-bond donors (Lipinski definition) is 1. The van der Waals surface area contributed by atoms with Gasteiger partial charge in [-0.05, 0) is 24.1 Å². The van der Waals surface area contributed by atoms with E-state index >= 15 is 0 Å². The molecule has 0 fully saturated rings. The monoisotopic (exact) mass is 296 g/mol. The molecule has 2 aromatic rings. The molecular weight excluding hydrogens is 284 g/mol. The molecule has 0 bridgehead atoms. The maximum absolute atomic E-state index is 11.1. The molecule has 0 spiro atoms. The molecular formula is C12H13BrN2O2. The lowest BCUT2D eigenvalue weighted by molar-refractivity contribution is 0.0691. The molecule has 0 radical (unpaired) electrons. The first kappa shape index (κ1) is 12.1. The molecule has 0 unspecified atom stereocenters. The van der Waals surface area contributed by atoms with Crippen LogP contribution in [0.3, 0.4) is 0 Å². The van der Waals surface area contributed by atoms with E-state index in [4.69, 9.17) is 5.11 Å². The van der Waals surface area contributed by atoms with Crippen molar-refractivity contribution in [1.29, 1.82) is 0 Å². The highest BCUT2D eigenvalue weighted by Crippen LogP contribution is 2.23. The summed E-state index contributed by atoms with van der Waals surface area (Å²) in [5.74, 6) is -0.571. The fraction of sp³-hybridized carbons (Fsp3) is 0.333. The minimum atomic E-state index is -0.986. The first-order chi connectivity index (χ1) is 7.99. The number of halogens is 1. The zero-order chi connectivity index (χ0) is 12.6. The topological polar surface area (TPSA) is 55.1 Å². The Morgan fingerprint density at radius 1 is 1.53 bits per heavy atom. The minimum Gasteiger partial charge on any atom is -0.476 e. The minimum absolute atomic E-state index is 0.119. The molecule has 17 heavy (non-hydrogen) atoms. The summed E-state index contributed by atoms with van der Waals surface area (Å²) < 4.78 is 2.68. The highest BCUT2D eigenvalue weighted by molar-refractivity contribution is 9.10. The van der Waals surface area contributed by atoms with Crippen LogP contribution in [0.25, 0.3) is 10.9 Å². The largest absolute Gasteiger partial charge is 0.476 e. The number of carbonyl (C=O) groups is 1. The molecule has 5 heteroatoms. The smallest absolute Gasteiger partial charge is 0.357 e. The van der Waals surface area contributed by atoms with E-state index in [2.05, 4.69) is 34.9 Å². The summed E-state index contributed by atoms with van der Waals surface area (Å²) in [5.41, 5.74) is 0.971. The molecule has 1 N–H and O–H groups in total. The van der Waals surface area contributed by atoms with E-state index in [-0.39, 0.29) is 5.69 Å². The Kier molecular flexibility index (Phi) is 3.19. The lowest BCUT2D eigenvalue weighted by atomic mass is 10.2. The van der Waals surface area contributed by atoms with E-state index in [1.807, 2.05) is 12.1 Å². The average Bonchev–Trinajstić information content (AvgIpc) is 2.56. The summed E-state index contributed by atoms with van der Waals surface area (Å²) >= 11 is 3.39. The number of aromatic nitrogens is 2. The zero-order valence-corrected chi connectivity index (χ0v) is 11.2. The maximum atomic E-state index is 11.1. The number of carboxylic acids is 1. The van der Waals surface area contributed by atoms with Crippen LogP contribution in [-0.2, 0) is 6.54 Å². The molecule has 2 rings (SSSR count). The van der Waals surface area contributed by atoms with Crippen LogP contribution in [0.1, 0.15) is 24.3 Å². The van der Waals surface area contributed by atoms with Crippen molar-refractivity contribution in [3.8, 4) is 0 Å². The number of benzene rings is 1. The Labute approximate surface area is 107 Å². The Balaban J connectivity index is 2.66. The van der Waals surface area contributed by atoms with Gasteiger partial charge in [0.05, 0.1) is 5.52 Å². The van der Waals surface area contributed by atoms with Crippen molar-refractivity contribution >= 4 is 32.8 Å². The Morgan fingerprint density at radius 3 is 2.82 bits per heavy atom. The van der Waals surface area contributed by atoms with E-state index in [1.54, 1.807) is 10.7 Å². The van der Waals surface area contributed by atoms with Gasteiger partial charge in [0, 0.05) is 16.4 Å². The van der Waals surface area contributed by atoms with Crippen LogP contribution in [0.4, 0.5) is 0 Å². The van der Waals surface area contributed by atoms with Crippen LogP contribution < -0.4 is 0 Å². The molecule has 0 amide bonds. The van der Waals surface area contributed by atoms with E-state index < -0.39 is 5.97 Å². The van der Waals surface area contributed by atoms with E-state index in [1.165, 1.54) is 0 Å². The lowest BCUT2D eigenvalue weighted by Crippen LogP contribution is -2.07. The summed E-state index contributed by atoms with van der Waals surface area (Å²) in [5, 5.41) is 14.0. The first-order valence-electron chi connectivity index (χ1n) is 5.38. The number of hydrogen-bond acceptors (Lipinski definition) is 2. The maximum Gasteiger partial charge on any atom is 0.357 e. The van der Waals surface area contributed by atoms with Gasteiger partial charge >= 0.3 is 5.97 Å². The van der Waals surface area contributed by atoms with Gasteiger partial charge in [-0.15, -0.1) is 0 Å². The van der Waals surface area contributed by atoms with E-state index in [9.17, 15) is 4.79 Å². The molecule has 1 heterocycles. The molecule has 0 saturated carbocycles. The van der Waals surface area contributed by atoms with Crippen molar-refractivity contribution in [3.63, 3.8) is 0 Å². The van der Waals surface area contributed by atoms with Crippen LogP contribution in [0.15, 0.2) is 22.7 Å². The third kappa shape index (κ3) is 2.34. The second-order valence-corrected chi connectivity index (χ2v) is 5.31. The van der Waals surface area contributed by atoms with Gasteiger partial charge < -0.3 is 5.11 Å². The molecule has 1 aromatic heterocycles. The molecule has 0 saturated heterocycles. The number of nitrogens with zero attached hydrogens (tertiary/aromatic N) is 2. The number of aromatic carboxylic acids is 1. The lowest BCUT2D eigenvalue weighted by Gasteiger charge is -2.06. The van der Waals surface area contributed by atoms with Crippen molar-refractivity contribution in [3.05, 3.63) is 28.4 Å². The predicted molar refractivity (Wildman–Crippen MR) is 69.2 cm³/mol. The van der Waals surface area contributed by atoms with Crippen LogP contribution in [0.5, 0.6) is 0 Å². The quantitative estimate of drug-likeness (QED) is 0.946. The second-order valence-electron chi connectivity index (χ2n) is 4.39.